The predicted octanol–water partition coefficient (Wildman–Crippen LogP) is 4.47. The zero-order chi connectivity index (χ0) is 26.6. The van der Waals surface area contributed by atoms with E-state index in [1.165, 1.54) is 12.6 Å². The lowest BCUT2D eigenvalue weighted by molar-refractivity contribution is 0.0480. The van der Waals surface area contributed by atoms with E-state index >= 15 is 0 Å². The van der Waals surface area contributed by atoms with E-state index in [0.29, 0.717) is 31.9 Å². The number of piperazine rings is 1. The summed E-state index contributed by atoms with van der Waals surface area (Å²) in [6, 6.07) is 10.7. The summed E-state index contributed by atoms with van der Waals surface area (Å²) < 4.78 is 28.5. The standard InChI is InChI=1S/C27H39N5O4S/c1-27(2,3)17-23-20-30(15-16-32(23)26(33)34)19-21-7-9-22(10-8-21)29-37(35,36)24-11-12-25(28-18-24)31-13-5-4-6-14-31/h7-12,18,23,29H,4-6,13-17,19-20H2,1-3H3,(H,33,34)/t23-/m0/s1. The van der Waals surface area contributed by atoms with E-state index < -0.39 is 16.1 Å². The summed E-state index contributed by atoms with van der Waals surface area (Å²) in [5.41, 5.74) is 1.57. The fourth-order valence-electron chi connectivity index (χ4n) is 5.19. The van der Waals surface area contributed by atoms with Crippen LogP contribution in [0.4, 0.5) is 16.3 Å². The minimum absolute atomic E-state index is 0.0313. The second-order valence-electron chi connectivity index (χ2n) is 11.3. The van der Waals surface area contributed by atoms with Crippen molar-refractivity contribution in [2.75, 3.05) is 42.3 Å². The maximum Gasteiger partial charge on any atom is 0.407 e. The molecule has 1 amide bonds. The van der Waals surface area contributed by atoms with E-state index in [1.807, 2.05) is 12.1 Å². The molecule has 1 aromatic heterocycles. The molecular formula is C27H39N5O4S. The summed E-state index contributed by atoms with van der Waals surface area (Å²) in [5.74, 6) is 0.817. The number of carbonyl (C=O) groups is 1. The molecule has 2 aliphatic heterocycles. The molecule has 0 unspecified atom stereocenters. The first kappa shape index (κ1) is 27.2. The Balaban J connectivity index is 1.36. The van der Waals surface area contributed by atoms with E-state index in [0.717, 1.165) is 43.7 Å². The molecule has 9 nitrogen and oxygen atoms in total. The third-order valence-corrected chi connectivity index (χ3v) is 8.35. The van der Waals surface area contributed by atoms with Crippen molar-refractivity contribution in [1.82, 2.24) is 14.8 Å². The maximum absolute atomic E-state index is 12.9. The summed E-state index contributed by atoms with van der Waals surface area (Å²) in [4.78, 5) is 22.3. The highest BCUT2D eigenvalue weighted by atomic mass is 32.2. The maximum atomic E-state index is 12.9. The predicted molar refractivity (Wildman–Crippen MR) is 145 cm³/mol. The van der Waals surface area contributed by atoms with Crippen molar-refractivity contribution in [3.63, 3.8) is 0 Å². The summed E-state index contributed by atoms with van der Waals surface area (Å²) in [6.07, 6.45) is 4.85. The summed E-state index contributed by atoms with van der Waals surface area (Å²) in [5, 5.41) is 9.61. The Morgan fingerprint density at radius 3 is 2.32 bits per heavy atom. The summed E-state index contributed by atoms with van der Waals surface area (Å²) in [7, 11) is -3.74. The summed E-state index contributed by atoms with van der Waals surface area (Å²) >= 11 is 0. The van der Waals surface area contributed by atoms with Gasteiger partial charge in [-0.25, -0.2) is 18.2 Å². The molecule has 2 aromatic rings. The van der Waals surface area contributed by atoms with Crippen LogP contribution in [0.1, 0.15) is 52.0 Å². The van der Waals surface area contributed by atoms with E-state index in [1.54, 1.807) is 29.2 Å². The number of rotatable bonds is 7. The number of hydrogen-bond donors (Lipinski definition) is 2. The van der Waals surface area contributed by atoms with Crippen LogP contribution in [0, 0.1) is 5.41 Å². The van der Waals surface area contributed by atoms with Crippen LogP contribution in [0.5, 0.6) is 0 Å². The van der Waals surface area contributed by atoms with Crippen LogP contribution >= 0.6 is 0 Å². The van der Waals surface area contributed by atoms with E-state index in [4.69, 9.17) is 0 Å². The third-order valence-electron chi connectivity index (χ3n) is 6.98. The van der Waals surface area contributed by atoms with Crippen molar-refractivity contribution >= 4 is 27.6 Å². The average Bonchev–Trinajstić information content (AvgIpc) is 2.85. The van der Waals surface area contributed by atoms with Gasteiger partial charge in [-0.1, -0.05) is 32.9 Å². The van der Waals surface area contributed by atoms with Gasteiger partial charge >= 0.3 is 6.09 Å². The molecule has 2 N–H and O–H groups in total. The quantitative estimate of drug-likeness (QED) is 0.545. The van der Waals surface area contributed by atoms with Crippen LogP contribution in [-0.4, -0.2) is 73.2 Å². The van der Waals surface area contributed by atoms with Crippen molar-refractivity contribution in [3.8, 4) is 0 Å². The Labute approximate surface area is 220 Å². The molecule has 0 bridgehead atoms. The van der Waals surface area contributed by atoms with Crippen LogP contribution in [0.2, 0.25) is 0 Å². The van der Waals surface area contributed by atoms with Crippen molar-refractivity contribution in [2.45, 2.75) is 63.9 Å². The van der Waals surface area contributed by atoms with Crippen molar-refractivity contribution in [3.05, 3.63) is 48.2 Å². The molecule has 0 radical (unpaired) electrons. The van der Waals surface area contributed by atoms with Crippen molar-refractivity contribution in [2.24, 2.45) is 5.41 Å². The molecule has 2 saturated heterocycles. The van der Waals surface area contributed by atoms with Gasteiger partial charge in [-0.2, -0.15) is 0 Å². The molecule has 3 heterocycles. The molecule has 0 spiro atoms. The van der Waals surface area contributed by atoms with Gasteiger partial charge in [0, 0.05) is 57.2 Å². The zero-order valence-corrected chi connectivity index (χ0v) is 22.9. The van der Waals surface area contributed by atoms with Gasteiger partial charge in [0.15, 0.2) is 0 Å². The van der Waals surface area contributed by atoms with Gasteiger partial charge in [-0.15, -0.1) is 0 Å². The second kappa shape index (κ2) is 11.3. The Kier molecular flexibility index (Phi) is 8.28. The lowest BCUT2D eigenvalue weighted by atomic mass is 9.86. The smallest absolute Gasteiger partial charge is 0.407 e. The number of pyridine rings is 1. The molecule has 4 rings (SSSR count). The van der Waals surface area contributed by atoms with Gasteiger partial charge in [0.2, 0.25) is 0 Å². The lowest BCUT2D eigenvalue weighted by Gasteiger charge is -2.42. The van der Waals surface area contributed by atoms with Crippen LogP contribution < -0.4 is 9.62 Å². The number of nitrogens with zero attached hydrogens (tertiary/aromatic N) is 4. The average molecular weight is 530 g/mol. The van der Waals surface area contributed by atoms with Gasteiger partial charge in [0.25, 0.3) is 10.0 Å². The highest BCUT2D eigenvalue weighted by molar-refractivity contribution is 7.92. The molecule has 1 aromatic carbocycles. The number of carboxylic acid groups (broad SMARTS) is 1. The molecule has 0 aliphatic carbocycles. The highest BCUT2D eigenvalue weighted by Crippen LogP contribution is 2.27. The van der Waals surface area contributed by atoms with Gasteiger partial charge in [-0.05, 0) is 60.9 Å². The van der Waals surface area contributed by atoms with Gasteiger partial charge < -0.3 is 14.9 Å². The molecular weight excluding hydrogens is 490 g/mol. The largest absolute Gasteiger partial charge is 0.465 e. The first-order valence-electron chi connectivity index (χ1n) is 13.0. The minimum atomic E-state index is -3.74. The number of amides is 1. The normalized spacial score (nSPS) is 19.6. The molecule has 2 aliphatic rings. The third kappa shape index (κ3) is 7.35. The number of anilines is 2. The Morgan fingerprint density at radius 1 is 1.03 bits per heavy atom. The highest BCUT2D eigenvalue weighted by Gasteiger charge is 2.33. The second-order valence-corrected chi connectivity index (χ2v) is 13.0. The first-order valence-corrected chi connectivity index (χ1v) is 14.5. The van der Waals surface area contributed by atoms with Crippen molar-refractivity contribution < 1.29 is 18.3 Å². The number of piperidine rings is 1. The molecule has 1 atom stereocenters. The molecule has 2 fully saturated rings. The van der Waals surface area contributed by atoms with Crippen LogP contribution in [0.25, 0.3) is 0 Å². The Bertz CT molecular complexity index is 1160. The van der Waals surface area contributed by atoms with Gasteiger partial charge in [0.1, 0.15) is 10.7 Å². The van der Waals surface area contributed by atoms with E-state index in [-0.39, 0.29) is 16.4 Å². The monoisotopic (exact) mass is 529 g/mol. The fourth-order valence-corrected chi connectivity index (χ4v) is 6.19. The lowest BCUT2D eigenvalue weighted by Crippen LogP contribution is -2.55. The number of sulfonamides is 1. The van der Waals surface area contributed by atoms with Gasteiger partial charge in [-0.3, -0.25) is 9.62 Å². The zero-order valence-electron chi connectivity index (χ0n) is 22.1. The van der Waals surface area contributed by atoms with Crippen LogP contribution in [0.3, 0.4) is 0 Å². The minimum Gasteiger partial charge on any atom is -0.465 e. The SMILES string of the molecule is CC(C)(C)C[C@H]1CN(Cc2ccc(NS(=O)(=O)c3ccc(N4CCCCC4)nc3)cc2)CCN1C(=O)O. The molecule has 37 heavy (non-hydrogen) atoms. The number of hydrogen-bond acceptors (Lipinski definition) is 6. The molecule has 0 saturated carbocycles. The summed E-state index contributed by atoms with van der Waals surface area (Å²) in [6.45, 7) is 10.8. The van der Waals surface area contributed by atoms with Crippen molar-refractivity contribution in [1.29, 1.82) is 0 Å². The van der Waals surface area contributed by atoms with E-state index in [9.17, 15) is 18.3 Å². The number of nitrogens with one attached hydrogen (secondary N) is 1. The van der Waals surface area contributed by atoms with Crippen LogP contribution in [0.15, 0.2) is 47.5 Å². The fraction of sp³-hybridized carbons (Fsp3) is 0.556. The first-order chi connectivity index (χ1) is 17.5. The molecule has 10 heteroatoms. The van der Waals surface area contributed by atoms with E-state index in [2.05, 4.69) is 40.3 Å². The Hall–Kier alpha value is -2.85. The number of aromatic nitrogens is 1. The molecule has 202 valence electrons. The topological polar surface area (TPSA) is 106 Å². The Morgan fingerprint density at radius 2 is 1.73 bits per heavy atom. The van der Waals surface area contributed by atoms with Gasteiger partial charge in [0.05, 0.1) is 0 Å². The number of benzene rings is 1. The van der Waals surface area contributed by atoms with Crippen LogP contribution in [-0.2, 0) is 16.6 Å².